The topological polar surface area (TPSA) is 70.2 Å². The van der Waals surface area contributed by atoms with Crippen LogP contribution in [0.3, 0.4) is 0 Å². The van der Waals surface area contributed by atoms with E-state index < -0.39 is 10.0 Å². The number of ether oxygens (including phenoxy) is 1. The zero-order chi connectivity index (χ0) is 20.1. The van der Waals surface area contributed by atoms with Gasteiger partial charge in [-0.15, -0.1) is 11.3 Å². The van der Waals surface area contributed by atoms with E-state index in [1.807, 2.05) is 24.6 Å². The Morgan fingerprint density at radius 3 is 2.64 bits per heavy atom. The second-order valence-corrected chi connectivity index (χ2v) is 10.6. The Hall–Kier alpha value is -1.000. The van der Waals surface area contributed by atoms with Crippen LogP contribution >= 0.6 is 11.3 Å². The molecular weight excluding hydrogens is 398 g/mol. The number of hydrogen-bond donors (Lipinski definition) is 0. The Bertz CT molecular complexity index is 732. The van der Waals surface area contributed by atoms with Crippen LogP contribution in [0.4, 0.5) is 0 Å². The number of nitrogens with zero attached hydrogens (tertiary/aromatic N) is 3. The van der Waals surface area contributed by atoms with E-state index in [4.69, 9.17) is 4.74 Å². The summed E-state index contributed by atoms with van der Waals surface area (Å²) in [6, 6.07) is 4.31. The first-order valence-electron chi connectivity index (χ1n) is 9.94. The van der Waals surface area contributed by atoms with Gasteiger partial charge in [-0.3, -0.25) is 9.69 Å². The molecule has 2 aliphatic heterocycles. The second kappa shape index (κ2) is 9.67. The zero-order valence-corrected chi connectivity index (χ0v) is 18.4. The van der Waals surface area contributed by atoms with Crippen molar-refractivity contribution in [3.05, 3.63) is 22.4 Å². The highest BCUT2D eigenvalue weighted by Crippen LogP contribution is 2.24. The van der Waals surface area contributed by atoms with Crippen LogP contribution in [0.2, 0.25) is 0 Å². The molecule has 0 saturated carbocycles. The Morgan fingerprint density at radius 1 is 1.25 bits per heavy atom. The molecule has 9 heteroatoms. The van der Waals surface area contributed by atoms with E-state index in [0.717, 1.165) is 50.3 Å². The number of hydrogen-bond acceptors (Lipinski definition) is 6. The van der Waals surface area contributed by atoms with Gasteiger partial charge in [-0.1, -0.05) is 6.07 Å². The van der Waals surface area contributed by atoms with Crippen molar-refractivity contribution in [3.63, 3.8) is 0 Å². The number of carbonyl (C=O) groups excluding carboxylic acids is 1. The van der Waals surface area contributed by atoms with E-state index in [-0.39, 0.29) is 11.9 Å². The van der Waals surface area contributed by atoms with E-state index in [1.54, 1.807) is 9.21 Å². The van der Waals surface area contributed by atoms with E-state index in [2.05, 4.69) is 4.90 Å². The summed E-state index contributed by atoms with van der Waals surface area (Å²) in [5.74, 6) is 0.0448. The average molecular weight is 430 g/mol. The van der Waals surface area contributed by atoms with Gasteiger partial charge in [0.2, 0.25) is 10.0 Å². The summed E-state index contributed by atoms with van der Waals surface area (Å²) >= 11 is 1.46. The van der Waals surface area contributed by atoms with E-state index in [9.17, 15) is 13.2 Å². The Balaban J connectivity index is 1.67. The summed E-state index contributed by atoms with van der Waals surface area (Å²) in [7, 11) is -1.34. The number of sulfonamides is 1. The molecule has 1 aromatic rings. The highest BCUT2D eigenvalue weighted by Gasteiger charge is 2.34. The number of thiophene rings is 1. The van der Waals surface area contributed by atoms with Gasteiger partial charge >= 0.3 is 0 Å². The molecule has 0 aromatic carbocycles. The molecule has 0 N–H and O–H groups in total. The SMILES string of the molecule is CN(CCN(C1CCOCC1)C1CCCN(S(C)(=O)=O)C1)C(=O)c1cccs1. The van der Waals surface area contributed by atoms with E-state index >= 15 is 0 Å². The minimum absolute atomic E-state index is 0.0448. The first kappa shape index (κ1) is 21.7. The quantitative estimate of drug-likeness (QED) is 0.660. The Morgan fingerprint density at radius 2 is 2.00 bits per heavy atom. The first-order valence-corrected chi connectivity index (χ1v) is 12.7. The lowest BCUT2D eigenvalue weighted by atomic mass is 9.99. The van der Waals surface area contributed by atoms with Gasteiger partial charge in [-0.25, -0.2) is 12.7 Å². The van der Waals surface area contributed by atoms with Crippen LogP contribution in [-0.2, 0) is 14.8 Å². The minimum atomic E-state index is -3.18. The lowest BCUT2D eigenvalue weighted by Gasteiger charge is -2.44. The summed E-state index contributed by atoms with van der Waals surface area (Å²) in [4.78, 5) is 17.5. The van der Waals surface area contributed by atoms with Gasteiger partial charge in [0.1, 0.15) is 0 Å². The van der Waals surface area contributed by atoms with Crippen molar-refractivity contribution in [2.45, 2.75) is 37.8 Å². The number of rotatable bonds is 7. The standard InChI is InChI=1S/C19H31N3O4S2/c1-20(19(23)18-6-4-14-27-18)10-11-22(16-7-12-26-13-8-16)17-5-3-9-21(15-17)28(2,24)25/h4,6,14,16-17H,3,5,7-13,15H2,1-2H3. The van der Waals surface area contributed by atoms with Crippen molar-refractivity contribution in [2.24, 2.45) is 0 Å². The number of likely N-dealkylation sites (N-methyl/N-ethyl adjacent to an activating group) is 1. The largest absolute Gasteiger partial charge is 0.381 e. The fourth-order valence-electron chi connectivity index (χ4n) is 4.13. The van der Waals surface area contributed by atoms with Crippen LogP contribution in [0.5, 0.6) is 0 Å². The summed E-state index contributed by atoms with van der Waals surface area (Å²) in [5.41, 5.74) is 0. The average Bonchev–Trinajstić information content (AvgIpc) is 3.22. The molecule has 2 fully saturated rings. The van der Waals surface area contributed by atoms with Crippen molar-refractivity contribution >= 4 is 27.3 Å². The lowest BCUT2D eigenvalue weighted by Crippen LogP contribution is -2.55. The van der Waals surface area contributed by atoms with Gasteiger partial charge in [-0.2, -0.15) is 0 Å². The predicted octanol–water partition coefficient (Wildman–Crippen LogP) is 1.73. The van der Waals surface area contributed by atoms with Crippen molar-refractivity contribution in [1.29, 1.82) is 0 Å². The van der Waals surface area contributed by atoms with Crippen molar-refractivity contribution in [1.82, 2.24) is 14.1 Å². The molecule has 3 rings (SSSR count). The van der Waals surface area contributed by atoms with Crippen molar-refractivity contribution in [3.8, 4) is 0 Å². The molecule has 0 radical (unpaired) electrons. The van der Waals surface area contributed by atoms with Gasteiger partial charge in [0.05, 0.1) is 11.1 Å². The number of piperidine rings is 1. The third-order valence-electron chi connectivity index (χ3n) is 5.73. The van der Waals surface area contributed by atoms with Crippen molar-refractivity contribution in [2.75, 3.05) is 52.7 Å². The van der Waals surface area contributed by atoms with Gasteiger partial charge in [0, 0.05) is 58.5 Å². The second-order valence-electron chi connectivity index (χ2n) is 7.70. The van der Waals surface area contributed by atoms with E-state index in [0.29, 0.717) is 25.7 Å². The molecule has 0 aliphatic carbocycles. The number of amides is 1. The molecule has 0 spiro atoms. The molecule has 0 bridgehead atoms. The molecule has 2 aliphatic rings. The fraction of sp³-hybridized carbons (Fsp3) is 0.737. The van der Waals surface area contributed by atoms with Crippen LogP contribution in [0.1, 0.15) is 35.4 Å². The van der Waals surface area contributed by atoms with Gasteiger partial charge in [0.25, 0.3) is 5.91 Å². The highest BCUT2D eigenvalue weighted by molar-refractivity contribution is 7.88. The van der Waals surface area contributed by atoms with Gasteiger partial charge in [-0.05, 0) is 37.1 Å². The highest BCUT2D eigenvalue weighted by atomic mass is 32.2. The summed E-state index contributed by atoms with van der Waals surface area (Å²) in [6.07, 6.45) is 5.07. The molecule has 28 heavy (non-hydrogen) atoms. The predicted molar refractivity (Wildman–Crippen MR) is 111 cm³/mol. The first-order chi connectivity index (χ1) is 13.4. The molecule has 7 nitrogen and oxygen atoms in total. The maximum absolute atomic E-state index is 12.6. The Kier molecular flexibility index (Phi) is 7.49. The molecular formula is C19H31N3O4S2. The lowest BCUT2D eigenvalue weighted by molar-refractivity contribution is 0.00321. The van der Waals surface area contributed by atoms with Gasteiger partial charge in [0.15, 0.2) is 0 Å². The summed E-state index contributed by atoms with van der Waals surface area (Å²) < 4.78 is 31.2. The van der Waals surface area contributed by atoms with Crippen LogP contribution in [-0.4, -0.2) is 93.2 Å². The summed E-state index contributed by atoms with van der Waals surface area (Å²) in [5, 5.41) is 1.91. The molecule has 1 amide bonds. The smallest absolute Gasteiger partial charge is 0.263 e. The maximum Gasteiger partial charge on any atom is 0.263 e. The molecule has 158 valence electrons. The third kappa shape index (κ3) is 5.54. The van der Waals surface area contributed by atoms with Crippen LogP contribution < -0.4 is 0 Å². The molecule has 1 unspecified atom stereocenters. The normalized spacial score (nSPS) is 22.5. The fourth-order valence-corrected chi connectivity index (χ4v) is 5.75. The minimum Gasteiger partial charge on any atom is -0.381 e. The monoisotopic (exact) mass is 429 g/mol. The Labute approximate surface area is 172 Å². The molecule has 1 atom stereocenters. The number of carbonyl (C=O) groups is 1. The molecule has 2 saturated heterocycles. The summed E-state index contributed by atoms with van der Waals surface area (Å²) in [6.45, 7) is 4.01. The van der Waals surface area contributed by atoms with Gasteiger partial charge < -0.3 is 9.64 Å². The van der Waals surface area contributed by atoms with Crippen LogP contribution in [0.25, 0.3) is 0 Å². The maximum atomic E-state index is 12.6. The van der Waals surface area contributed by atoms with Crippen molar-refractivity contribution < 1.29 is 17.9 Å². The molecule has 1 aromatic heterocycles. The van der Waals surface area contributed by atoms with E-state index in [1.165, 1.54) is 17.6 Å². The van der Waals surface area contributed by atoms with Crippen LogP contribution in [0, 0.1) is 0 Å². The zero-order valence-electron chi connectivity index (χ0n) is 16.7. The third-order valence-corrected chi connectivity index (χ3v) is 7.86. The van der Waals surface area contributed by atoms with Crippen LogP contribution in [0.15, 0.2) is 17.5 Å². The molecule has 3 heterocycles.